The molecule has 1 saturated heterocycles. The maximum absolute atomic E-state index is 4.24. The van der Waals surface area contributed by atoms with Crippen molar-refractivity contribution in [1.29, 1.82) is 0 Å². The van der Waals surface area contributed by atoms with Crippen LogP contribution in [0.3, 0.4) is 0 Å². The van der Waals surface area contributed by atoms with Crippen molar-refractivity contribution in [3.05, 3.63) is 52.7 Å². The van der Waals surface area contributed by atoms with Crippen LogP contribution in [0.1, 0.15) is 4.88 Å². The number of rotatable bonds is 4. The van der Waals surface area contributed by atoms with Gasteiger partial charge in [0, 0.05) is 0 Å². The first-order chi connectivity index (χ1) is 11.4. The van der Waals surface area contributed by atoms with Crippen LogP contribution in [0.5, 0.6) is 0 Å². The van der Waals surface area contributed by atoms with Gasteiger partial charge in [0.2, 0.25) is 0 Å². The fraction of sp³-hybridized carbons (Fsp3) is 0.312. The number of quaternary nitrogens is 1. The summed E-state index contributed by atoms with van der Waals surface area (Å²) in [5.41, 5.74) is 1.00. The molecule has 0 atom stereocenters. The summed E-state index contributed by atoms with van der Waals surface area (Å²) in [4.78, 5) is 5.37. The van der Waals surface area contributed by atoms with Crippen LogP contribution in [0.15, 0.2) is 47.8 Å². The molecule has 0 bridgehead atoms. The Kier molecular flexibility index (Phi) is 4.04. The maximum atomic E-state index is 4.24. The van der Waals surface area contributed by atoms with Crippen molar-refractivity contribution in [1.82, 2.24) is 20.2 Å². The lowest BCUT2D eigenvalue weighted by Crippen LogP contribution is -3.13. The highest BCUT2D eigenvalue weighted by molar-refractivity contribution is 7.09. The zero-order chi connectivity index (χ0) is 15.5. The van der Waals surface area contributed by atoms with Crippen LogP contribution < -0.4 is 9.80 Å². The van der Waals surface area contributed by atoms with Crippen LogP contribution in [0.4, 0.5) is 5.95 Å². The molecule has 0 aliphatic carbocycles. The predicted molar refractivity (Wildman–Crippen MR) is 90.1 cm³/mol. The predicted octanol–water partition coefficient (Wildman–Crippen LogP) is 0.629. The monoisotopic (exact) mass is 327 g/mol. The third kappa shape index (κ3) is 3.11. The molecule has 23 heavy (non-hydrogen) atoms. The summed E-state index contributed by atoms with van der Waals surface area (Å²) in [6, 6.07) is 14.4. The summed E-state index contributed by atoms with van der Waals surface area (Å²) in [6.45, 7) is 5.30. The first-order valence-electron chi connectivity index (χ1n) is 7.85. The molecule has 1 N–H and O–H groups in total. The lowest BCUT2D eigenvalue weighted by atomic mass is 10.3. The Balaban J connectivity index is 1.44. The number of para-hydroxylation sites is 1. The quantitative estimate of drug-likeness (QED) is 0.764. The summed E-state index contributed by atoms with van der Waals surface area (Å²) in [5, 5.41) is 14.4. The van der Waals surface area contributed by atoms with Crippen LogP contribution in [-0.2, 0) is 6.54 Å². The molecule has 7 heteroatoms. The van der Waals surface area contributed by atoms with E-state index in [1.54, 1.807) is 4.90 Å². The number of nitrogens with zero attached hydrogens (tertiary/aromatic N) is 5. The van der Waals surface area contributed by atoms with E-state index in [0.717, 1.165) is 44.4 Å². The summed E-state index contributed by atoms with van der Waals surface area (Å²) >= 11 is 1.84. The fourth-order valence-corrected chi connectivity index (χ4v) is 3.75. The molecule has 1 fully saturated rings. The average Bonchev–Trinajstić information content (AvgIpc) is 3.28. The van der Waals surface area contributed by atoms with Crippen molar-refractivity contribution in [2.75, 3.05) is 31.1 Å². The molecule has 0 radical (unpaired) electrons. The molecule has 0 unspecified atom stereocenters. The molecule has 3 aromatic rings. The zero-order valence-corrected chi connectivity index (χ0v) is 13.6. The Labute approximate surface area is 139 Å². The normalized spacial score (nSPS) is 15.9. The number of piperazine rings is 1. The molecular formula is C16H19N6S+. The van der Waals surface area contributed by atoms with Gasteiger partial charge in [0.25, 0.3) is 5.95 Å². The van der Waals surface area contributed by atoms with E-state index in [2.05, 4.69) is 37.9 Å². The lowest BCUT2D eigenvalue weighted by Gasteiger charge is -2.32. The second-order valence-electron chi connectivity index (χ2n) is 5.72. The van der Waals surface area contributed by atoms with Gasteiger partial charge in [-0.05, 0) is 34.0 Å². The third-order valence-corrected chi connectivity index (χ3v) is 5.09. The Bertz CT molecular complexity index is 731. The van der Waals surface area contributed by atoms with Gasteiger partial charge in [-0.25, -0.2) is 0 Å². The topological polar surface area (TPSA) is 51.3 Å². The van der Waals surface area contributed by atoms with Crippen LogP contribution in [0.25, 0.3) is 5.69 Å². The van der Waals surface area contributed by atoms with Crippen molar-refractivity contribution in [3.8, 4) is 5.69 Å². The Morgan fingerprint density at radius 1 is 1.04 bits per heavy atom. The van der Waals surface area contributed by atoms with Crippen molar-refractivity contribution in [2.45, 2.75) is 6.54 Å². The van der Waals surface area contributed by atoms with Gasteiger partial charge in [-0.3, -0.25) is 0 Å². The molecule has 4 rings (SSSR count). The Hall–Kier alpha value is -2.25. The van der Waals surface area contributed by atoms with Crippen molar-refractivity contribution in [3.63, 3.8) is 0 Å². The second-order valence-corrected chi connectivity index (χ2v) is 6.75. The standard InChI is InChI=1S/C16H18N6S/c1-2-5-14(6-3-1)22-16(17-18-19-22)21-10-8-20(9-11-21)13-15-7-4-12-23-15/h1-7,12H,8-11,13H2/p+1. The van der Waals surface area contributed by atoms with Crippen LogP contribution >= 0.6 is 11.3 Å². The first kappa shape index (κ1) is 14.3. The van der Waals surface area contributed by atoms with Gasteiger partial charge in [0.15, 0.2) is 0 Å². The number of aromatic nitrogens is 4. The van der Waals surface area contributed by atoms with Gasteiger partial charge in [0.05, 0.1) is 36.7 Å². The van der Waals surface area contributed by atoms with E-state index in [-0.39, 0.29) is 0 Å². The number of thiophene rings is 1. The highest BCUT2D eigenvalue weighted by atomic mass is 32.1. The highest BCUT2D eigenvalue weighted by Gasteiger charge is 2.24. The highest BCUT2D eigenvalue weighted by Crippen LogP contribution is 2.15. The number of anilines is 1. The Morgan fingerprint density at radius 3 is 2.61 bits per heavy atom. The zero-order valence-electron chi connectivity index (χ0n) is 12.8. The summed E-state index contributed by atoms with van der Waals surface area (Å²) < 4.78 is 1.82. The van der Waals surface area contributed by atoms with Crippen molar-refractivity contribution >= 4 is 17.3 Å². The summed E-state index contributed by atoms with van der Waals surface area (Å²) in [7, 11) is 0. The molecule has 1 aliphatic rings. The van der Waals surface area contributed by atoms with Gasteiger partial charge in [-0.1, -0.05) is 29.4 Å². The smallest absolute Gasteiger partial charge is 0.250 e. The van der Waals surface area contributed by atoms with Crippen LogP contribution in [0, 0.1) is 0 Å². The molecule has 0 saturated carbocycles. The minimum absolute atomic E-state index is 0.839. The molecule has 2 aromatic heterocycles. The Morgan fingerprint density at radius 2 is 1.87 bits per heavy atom. The molecular weight excluding hydrogens is 308 g/mol. The van der Waals surface area contributed by atoms with E-state index in [4.69, 9.17) is 0 Å². The van der Waals surface area contributed by atoms with Gasteiger partial charge in [-0.15, -0.1) is 11.3 Å². The molecule has 1 aromatic carbocycles. The van der Waals surface area contributed by atoms with E-state index in [0.29, 0.717) is 0 Å². The first-order valence-corrected chi connectivity index (χ1v) is 8.73. The molecule has 3 heterocycles. The molecule has 0 spiro atoms. The van der Waals surface area contributed by atoms with Crippen LogP contribution in [0.2, 0.25) is 0 Å². The van der Waals surface area contributed by atoms with Gasteiger partial charge in [0.1, 0.15) is 6.54 Å². The molecule has 0 amide bonds. The summed E-state index contributed by atoms with van der Waals surface area (Å²) in [5.74, 6) is 0.839. The number of nitrogens with one attached hydrogen (secondary N) is 1. The van der Waals surface area contributed by atoms with Gasteiger partial charge < -0.3 is 9.80 Å². The fourth-order valence-electron chi connectivity index (χ4n) is 2.98. The average molecular weight is 327 g/mol. The molecule has 6 nitrogen and oxygen atoms in total. The minimum Gasteiger partial charge on any atom is -0.328 e. The lowest BCUT2D eigenvalue weighted by molar-refractivity contribution is -0.914. The maximum Gasteiger partial charge on any atom is 0.250 e. The van der Waals surface area contributed by atoms with E-state index in [9.17, 15) is 0 Å². The SMILES string of the molecule is c1ccc(-n2nnnc2N2CC[NH+](Cc3cccs3)CC2)cc1. The van der Waals surface area contributed by atoms with Gasteiger partial charge >= 0.3 is 0 Å². The largest absolute Gasteiger partial charge is 0.328 e. The second kappa shape index (κ2) is 6.47. The van der Waals surface area contributed by atoms with Gasteiger partial charge in [-0.2, -0.15) is 4.68 Å². The molecule has 1 aliphatic heterocycles. The third-order valence-electron chi connectivity index (χ3n) is 4.21. The number of hydrogen-bond acceptors (Lipinski definition) is 5. The van der Waals surface area contributed by atoms with E-state index >= 15 is 0 Å². The number of benzene rings is 1. The van der Waals surface area contributed by atoms with Crippen molar-refractivity contribution < 1.29 is 4.90 Å². The van der Waals surface area contributed by atoms with Crippen LogP contribution in [-0.4, -0.2) is 46.4 Å². The summed E-state index contributed by atoms with van der Waals surface area (Å²) in [6.07, 6.45) is 0. The number of hydrogen-bond donors (Lipinski definition) is 1. The van der Waals surface area contributed by atoms with E-state index in [1.807, 2.05) is 46.4 Å². The van der Waals surface area contributed by atoms with Crippen molar-refractivity contribution in [2.24, 2.45) is 0 Å². The molecule has 118 valence electrons. The number of tetrazole rings is 1. The van der Waals surface area contributed by atoms with E-state index < -0.39 is 0 Å². The van der Waals surface area contributed by atoms with E-state index in [1.165, 1.54) is 4.88 Å². The minimum atomic E-state index is 0.839.